The second-order valence-electron chi connectivity index (χ2n) is 4.25. The van der Waals surface area contributed by atoms with Gasteiger partial charge in [-0.3, -0.25) is 9.36 Å². The van der Waals surface area contributed by atoms with Gasteiger partial charge in [0, 0.05) is 18.5 Å². The van der Waals surface area contributed by atoms with E-state index in [4.69, 9.17) is 0 Å². The van der Waals surface area contributed by atoms with Crippen LogP contribution in [-0.4, -0.2) is 14.3 Å². The van der Waals surface area contributed by atoms with E-state index in [0.717, 1.165) is 18.0 Å². The molecule has 0 bridgehead atoms. The van der Waals surface area contributed by atoms with E-state index in [0.29, 0.717) is 10.3 Å². The first-order chi connectivity index (χ1) is 8.49. The van der Waals surface area contributed by atoms with Gasteiger partial charge < -0.3 is 0 Å². The summed E-state index contributed by atoms with van der Waals surface area (Å²) in [7, 11) is 0. The lowest BCUT2D eigenvalue weighted by atomic mass is 10.1. The van der Waals surface area contributed by atoms with Gasteiger partial charge in [0.2, 0.25) is 0 Å². The molecule has 0 saturated heterocycles. The van der Waals surface area contributed by atoms with Crippen LogP contribution in [0.4, 0.5) is 8.78 Å². The Hall–Kier alpha value is -1.98. The van der Waals surface area contributed by atoms with Crippen molar-refractivity contribution < 1.29 is 8.78 Å². The molecule has 0 amide bonds. The maximum Gasteiger partial charge on any atom is 0.321 e. The van der Waals surface area contributed by atoms with Crippen LogP contribution in [0.5, 0.6) is 0 Å². The summed E-state index contributed by atoms with van der Waals surface area (Å²) in [5.74, 6) is 0.257. The quantitative estimate of drug-likeness (QED) is 0.843. The third-order valence-electron chi connectivity index (χ3n) is 2.60. The van der Waals surface area contributed by atoms with E-state index < -0.39 is 12.1 Å². The third kappa shape index (κ3) is 2.32. The predicted molar refractivity (Wildman–Crippen MR) is 63.2 cm³/mol. The number of rotatable bonds is 3. The number of hydrogen-bond acceptors (Lipinski definition) is 2. The molecule has 0 aliphatic heterocycles. The molecule has 6 heteroatoms. The second kappa shape index (κ2) is 4.72. The van der Waals surface area contributed by atoms with Crippen LogP contribution in [0.15, 0.2) is 35.4 Å². The Morgan fingerprint density at radius 1 is 1.22 bits per heavy atom. The summed E-state index contributed by atoms with van der Waals surface area (Å²) in [6, 6.07) is 4.40. The summed E-state index contributed by atoms with van der Waals surface area (Å²) in [6.07, 6.45) is 2.79. The SMILES string of the molecule is CC(C)c1ccn(-c2ccc(=O)n(C(F)F)c2)n1. The third-order valence-corrected chi connectivity index (χ3v) is 2.60. The minimum absolute atomic E-state index is 0.257. The first-order valence-electron chi connectivity index (χ1n) is 5.55. The van der Waals surface area contributed by atoms with Crippen LogP contribution >= 0.6 is 0 Å². The predicted octanol–water partition coefficient (Wildman–Crippen LogP) is 2.55. The topological polar surface area (TPSA) is 39.8 Å². The van der Waals surface area contributed by atoms with Crippen LogP contribution in [0.25, 0.3) is 5.69 Å². The average molecular weight is 253 g/mol. The van der Waals surface area contributed by atoms with E-state index in [1.807, 2.05) is 19.9 Å². The molecule has 0 saturated carbocycles. The van der Waals surface area contributed by atoms with Crippen LogP contribution in [0.1, 0.15) is 32.0 Å². The molecule has 2 rings (SSSR count). The summed E-state index contributed by atoms with van der Waals surface area (Å²) in [5, 5.41) is 4.27. The Morgan fingerprint density at radius 2 is 1.94 bits per heavy atom. The molecule has 0 aromatic carbocycles. The van der Waals surface area contributed by atoms with E-state index in [2.05, 4.69) is 5.10 Å². The Balaban J connectivity index is 2.44. The zero-order chi connectivity index (χ0) is 13.3. The molecule has 4 nitrogen and oxygen atoms in total. The van der Waals surface area contributed by atoms with E-state index in [1.165, 1.54) is 10.7 Å². The van der Waals surface area contributed by atoms with Crippen molar-refractivity contribution in [3.63, 3.8) is 0 Å². The Kier molecular flexibility index (Phi) is 3.27. The Bertz CT molecular complexity index is 601. The number of alkyl halides is 2. The second-order valence-corrected chi connectivity index (χ2v) is 4.25. The molecule has 0 aliphatic rings. The van der Waals surface area contributed by atoms with E-state index in [-0.39, 0.29) is 5.92 Å². The van der Waals surface area contributed by atoms with Crippen LogP contribution in [0.3, 0.4) is 0 Å². The molecule has 0 N–H and O–H groups in total. The van der Waals surface area contributed by atoms with Crippen LogP contribution < -0.4 is 5.56 Å². The van der Waals surface area contributed by atoms with Gasteiger partial charge in [0.15, 0.2) is 0 Å². The number of nitrogens with zero attached hydrogens (tertiary/aromatic N) is 3. The molecule has 2 aromatic heterocycles. The molecular weight excluding hydrogens is 240 g/mol. The van der Waals surface area contributed by atoms with Gasteiger partial charge >= 0.3 is 6.55 Å². The van der Waals surface area contributed by atoms with Crippen molar-refractivity contribution in [3.05, 3.63) is 46.6 Å². The standard InChI is InChI=1S/C12H13F2N3O/c1-8(2)10-5-6-17(15-10)9-3-4-11(18)16(7-9)12(13)14/h3-8,12H,1-2H3. The van der Waals surface area contributed by atoms with Gasteiger partial charge in [-0.05, 0) is 18.1 Å². The molecule has 0 aliphatic carbocycles. The number of aromatic nitrogens is 3. The monoisotopic (exact) mass is 253 g/mol. The summed E-state index contributed by atoms with van der Waals surface area (Å²) in [5.41, 5.74) is 0.566. The van der Waals surface area contributed by atoms with Crippen molar-refractivity contribution in [3.8, 4) is 5.69 Å². The molecule has 18 heavy (non-hydrogen) atoms. The minimum atomic E-state index is -2.85. The summed E-state index contributed by atoms with van der Waals surface area (Å²) >= 11 is 0. The van der Waals surface area contributed by atoms with Crippen molar-refractivity contribution in [2.24, 2.45) is 0 Å². The molecule has 2 aromatic rings. The molecule has 0 atom stereocenters. The summed E-state index contributed by atoms with van der Waals surface area (Å²) in [4.78, 5) is 11.2. The first kappa shape index (κ1) is 12.5. The zero-order valence-electron chi connectivity index (χ0n) is 10.0. The fourth-order valence-corrected chi connectivity index (χ4v) is 1.57. The highest BCUT2D eigenvalue weighted by atomic mass is 19.3. The lowest BCUT2D eigenvalue weighted by Crippen LogP contribution is -2.20. The molecular formula is C12H13F2N3O. The molecule has 0 radical (unpaired) electrons. The fourth-order valence-electron chi connectivity index (χ4n) is 1.57. The van der Waals surface area contributed by atoms with Gasteiger partial charge in [-0.25, -0.2) is 4.68 Å². The van der Waals surface area contributed by atoms with Gasteiger partial charge in [-0.1, -0.05) is 13.8 Å². The Labute approximate surface area is 102 Å². The molecule has 2 heterocycles. The first-order valence-corrected chi connectivity index (χ1v) is 5.55. The number of hydrogen-bond donors (Lipinski definition) is 0. The molecule has 0 spiro atoms. The zero-order valence-corrected chi connectivity index (χ0v) is 10.0. The lowest BCUT2D eigenvalue weighted by molar-refractivity contribution is 0.0663. The van der Waals surface area contributed by atoms with Crippen molar-refractivity contribution in [1.29, 1.82) is 0 Å². The van der Waals surface area contributed by atoms with Gasteiger partial charge in [-0.15, -0.1) is 0 Å². The fraction of sp³-hybridized carbons (Fsp3) is 0.333. The highest BCUT2D eigenvalue weighted by Gasteiger charge is 2.10. The normalized spacial score (nSPS) is 11.4. The summed E-state index contributed by atoms with van der Waals surface area (Å²) in [6.45, 7) is 1.14. The van der Waals surface area contributed by atoms with Crippen molar-refractivity contribution in [2.75, 3.05) is 0 Å². The maximum absolute atomic E-state index is 12.6. The number of pyridine rings is 1. The number of halogens is 2. The largest absolute Gasteiger partial charge is 0.321 e. The molecule has 0 unspecified atom stereocenters. The van der Waals surface area contributed by atoms with Gasteiger partial charge in [0.1, 0.15) is 0 Å². The van der Waals surface area contributed by atoms with E-state index in [1.54, 1.807) is 6.20 Å². The van der Waals surface area contributed by atoms with E-state index in [9.17, 15) is 13.6 Å². The smallest absolute Gasteiger partial charge is 0.269 e. The Morgan fingerprint density at radius 3 is 2.50 bits per heavy atom. The highest BCUT2D eigenvalue weighted by molar-refractivity contribution is 5.28. The van der Waals surface area contributed by atoms with Gasteiger partial charge in [0.05, 0.1) is 11.4 Å². The van der Waals surface area contributed by atoms with Gasteiger partial charge in [0.25, 0.3) is 5.56 Å². The van der Waals surface area contributed by atoms with Crippen molar-refractivity contribution in [1.82, 2.24) is 14.3 Å². The van der Waals surface area contributed by atoms with Crippen LogP contribution in [-0.2, 0) is 0 Å². The molecule has 0 fully saturated rings. The van der Waals surface area contributed by atoms with Crippen LogP contribution in [0.2, 0.25) is 0 Å². The maximum atomic E-state index is 12.6. The van der Waals surface area contributed by atoms with E-state index >= 15 is 0 Å². The van der Waals surface area contributed by atoms with Crippen LogP contribution in [0, 0.1) is 0 Å². The lowest BCUT2D eigenvalue weighted by Gasteiger charge is -2.07. The molecule has 96 valence electrons. The summed E-state index contributed by atoms with van der Waals surface area (Å²) < 4.78 is 27.0. The average Bonchev–Trinajstić information content (AvgIpc) is 2.78. The van der Waals surface area contributed by atoms with Gasteiger partial charge in [-0.2, -0.15) is 13.9 Å². The highest BCUT2D eigenvalue weighted by Crippen LogP contribution is 2.14. The minimum Gasteiger partial charge on any atom is -0.269 e. The van der Waals surface area contributed by atoms with Crippen molar-refractivity contribution >= 4 is 0 Å². The van der Waals surface area contributed by atoms with Crippen molar-refractivity contribution in [2.45, 2.75) is 26.3 Å².